The lowest BCUT2D eigenvalue weighted by molar-refractivity contribution is 0.555. The van der Waals surface area contributed by atoms with E-state index in [-0.39, 0.29) is 0 Å². The lowest BCUT2D eigenvalue weighted by Gasteiger charge is -2.30. The van der Waals surface area contributed by atoms with Crippen molar-refractivity contribution in [2.45, 2.75) is 60.0 Å². The van der Waals surface area contributed by atoms with E-state index in [1.807, 2.05) is 6.20 Å². The number of nitrogens with one attached hydrogen (secondary N) is 1. The van der Waals surface area contributed by atoms with Gasteiger partial charge in [-0.3, -0.25) is 4.98 Å². The van der Waals surface area contributed by atoms with E-state index in [4.69, 9.17) is 0 Å². The highest BCUT2D eigenvalue weighted by atomic mass is 15.2. The maximum Gasteiger partial charge on any atom is 0.0572 e. The molecule has 1 aromatic rings. The van der Waals surface area contributed by atoms with Gasteiger partial charge in [0.1, 0.15) is 0 Å². The zero-order valence-corrected chi connectivity index (χ0v) is 14.0. The van der Waals surface area contributed by atoms with Gasteiger partial charge in [-0.05, 0) is 51.8 Å². The summed E-state index contributed by atoms with van der Waals surface area (Å²) in [5.41, 5.74) is 2.34. The third kappa shape index (κ3) is 5.12. The average molecular weight is 277 g/mol. The Morgan fingerprint density at radius 3 is 2.30 bits per heavy atom. The van der Waals surface area contributed by atoms with Gasteiger partial charge in [-0.25, -0.2) is 0 Å². The van der Waals surface area contributed by atoms with Crippen molar-refractivity contribution in [3.8, 4) is 0 Å². The van der Waals surface area contributed by atoms with Crippen LogP contribution in [0, 0.1) is 5.92 Å². The summed E-state index contributed by atoms with van der Waals surface area (Å²) in [6.07, 6.45) is 3.17. The molecule has 3 nitrogen and oxygen atoms in total. The molecule has 0 bridgehead atoms. The van der Waals surface area contributed by atoms with E-state index in [2.05, 4.69) is 68.9 Å². The van der Waals surface area contributed by atoms with Crippen molar-refractivity contribution < 1.29 is 0 Å². The number of pyridine rings is 1. The minimum absolute atomic E-state index is 0.321. The van der Waals surface area contributed by atoms with Crippen LogP contribution in [0.5, 0.6) is 0 Å². The van der Waals surface area contributed by atoms with Crippen LogP contribution in [-0.4, -0.2) is 24.1 Å². The molecule has 1 atom stereocenters. The number of nitrogens with zero attached hydrogens (tertiary/aromatic N) is 2. The van der Waals surface area contributed by atoms with Gasteiger partial charge in [0.05, 0.1) is 17.6 Å². The fourth-order valence-corrected chi connectivity index (χ4v) is 2.30. The number of hydrogen-bond acceptors (Lipinski definition) is 3. The second kappa shape index (κ2) is 8.25. The molecular weight excluding hydrogens is 246 g/mol. The van der Waals surface area contributed by atoms with E-state index < -0.39 is 0 Å². The summed E-state index contributed by atoms with van der Waals surface area (Å²) in [5.74, 6) is 0.655. The lowest BCUT2D eigenvalue weighted by atomic mass is 10.1. The molecule has 1 unspecified atom stereocenters. The van der Waals surface area contributed by atoms with Crippen LogP contribution in [0.4, 0.5) is 5.69 Å². The summed E-state index contributed by atoms with van der Waals surface area (Å²) in [7, 11) is 0. The molecule has 0 saturated heterocycles. The van der Waals surface area contributed by atoms with E-state index in [0.717, 1.165) is 25.2 Å². The minimum atomic E-state index is 0.321. The topological polar surface area (TPSA) is 28.2 Å². The van der Waals surface area contributed by atoms with Crippen LogP contribution >= 0.6 is 0 Å². The van der Waals surface area contributed by atoms with Crippen LogP contribution in [0.3, 0.4) is 0 Å². The van der Waals surface area contributed by atoms with Crippen LogP contribution in [-0.2, 0) is 0 Å². The van der Waals surface area contributed by atoms with Crippen LogP contribution in [0.25, 0.3) is 0 Å². The molecule has 0 saturated carbocycles. The number of rotatable bonds is 8. The quantitative estimate of drug-likeness (QED) is 0.778. The van der Waals surface area contributed by atoms with Crippen molar-refractivity contribution in [3.05, 3.63) is 24.0 Å². The maximum atomic E-state index is 4.64. The Morgan fingerprint density at radius 1 is 1.15 bits per heavy atom. The van der Waals surface area contributed by atoms with Gasteiger partial charge in [0, 0.05) is 18.6 Å². The molecule has 1 aromatic heterocycles. The molecule has 0 radical (unpaired) electrons. The highest BCUT2D eigenvalue weighted by Crippen LogP contribution is 2.20. The van der Waals surface area contributed by atoms with E-state index in [0.29, 0.717) is 18.0 Å². The summed E-state index contributed by atoms with van der Waals surface area (Å²) in [6.45, 7) is 15.5. The smallest absolute Gasteiger partial charge is 0.0572 e. The van der Waals surface area contributed by atoms with Crippen LogP contribution in [0.1, 0.15) is 59.7 Å². The van der Waals surface area contributed by atoms with Gasteiger partial charge in [0.25, 0.3) is 0 Å². The molecule has 1 N–H and O–H groups in total. The van der Waals surface area contributed by atoms with Crippen molar-refractivity contribution in [2.75, 3.05) is 18.0 Å². The lowest BCUT2D eigenvalue weighted by Crippen LogP contribution is -2.34. The van der Waals surface area contributed by atoms with E-state index in [1.54, 1.807) is 0 Å². The third-order valence-corrected chi connectivity index (χ3v) is 3.43. The Hall–Kier alpha value is -1.09. The number of anilines is 1. The Morgan fingerprint density at radius 2 is 1.85 bits per heavy atom. The Bertz CT molecular complexity index is 370. The number of aromatic nitrogens is 1. The average Bonchev–Trinajstić information content (AvgIpc) is 2.42. The molecule has 1 rings (SSSR count). The fourth-order valence-electron chi connectivity index (χ4n) is 2.30. The number of hydrogen-bond donors (Lipinski definition) is 1. The summed E-state index contributed by atoms with van der Waals surface area (Å²) in [6, 6.07) is 5.18. The first-order valence-corrected chi connectivity index (χ1v) is 7.91. The highest BCUT2D eigenvalue weighted by molar-refractivity contribution is 5.45. The summed E-state index contributed by atoms with van der Waals surface area (Å²) in [5, 5.41) is 3.48. The molecule has 0 aliphatic rings. The second-order valence-corrected chi connectivity index (χ2v) is 6.26. The zero-order chi connectivity index (χ0) is 15.1. The molecule has 0 aromatic carbocycles. The highest BCUT2D eigenvalue weighted by Gasteiger charge is 2.13. The van der Waals surface area contributed by atoms with Gasteiger partial charge in [-0.1, -0.05) is 20.8 Å². The maximum absolute atomic E-state index is 4.64. The molecule has 114 valence electrons. The SMILES string of the molecule is CCCNC(C)c1ccc(N(CC(C)C)C(C)C)cn1. The molecule has 0 aliphatic heterocycles. The minimum Gasteiger partial charge on any atom is -0.368 e. The molecule has 3 heteroatoms. The van der Waals surface area contributed by atoms with E-state index >= 15 is 0 Å². The van der Waals surface area contributed by atoms with Crippen molar-refractivity contribution in [3.63, 3.8) is 0 Å². The van der Waals surface area contributed by atoms with Gasteiger partial charge in [-0.15, -0.1) is 0 Å². The van der Waals surface area contributed by atoms with Crippen molar-refractivity contribution in [1.82, 2.24) is 10.3 Å². The molecule has 0 fully saturated rings. The van der Waals surface area contributed by atoms with Crippen LogP contribution in [0.2, 0.25) is 0 Å². The van der Waals surface area contributed by atoms with E-state index in [9.17, 15) is 0 Å². The van der Waals surface area contributed by atoms with Gasteiger partial charge < -0.3 is 10.2 Å². The summed E-state index contributed by atoms with van der Waals surface area (Å²) in [4.78, 5) is 7.06. The van der Waals surface area contributed by atoms with E-state index in [1.165, 1.54) is 5.69 Å². The molecule has 0 amide bonds. The van der Waals surface area contributed by atoms with Crippen LogP contribution < -0.4 is 10.2 Å². The van der Waals surface area contributed by atoms with Crippen molar-refractivity contribution in [1.29, 1.82) is 0 Å². The van der Waals surface area contributed by atoms with Gasteiger partial charge in [0.2, 0.25) is 0 Å². The summed E-state index contributed by atoms with van der Waals surface area (Å²) >= 11 is 0. The van der Waals surface area contributed by atoms with Gasteiger partial charge in [0.15, 0.2) is 0 Å². The summed E-state index contributed by atoms with van der Waals surface area (Å²) < 4.78 is 0. The molecule has 1 heterocycles. The Kier molecular flexibility index (Phi) is 7.00. The molecule has 0 spiro atoms. The first-order valence-electron chi connectivity index (χ1n) is 7.91. The normalized spacial score (nSPS) is 13.0. The first-order chi connectivity index (χ1) is 9.45. The molecular formula is C17H31N3. The van der Waals surface area contributed by atoms with Crippen LogP contribution in [0.15, 0.2) is 18.3 Å². The van der Waals surface area contributed by atoms with Gasteiger partial charge >= 0.3 is 0 Å². The second-order valence-electron chi connectivity index (χ2n) is 6.26. The standard InChI is InChI=1S/C17H31N3/c1-7-10-18-15(6)17-9-8-16(11-19-17)20(14(4)5)12-13(2)3/h8-9,11,13-15,18H,7,10,12H2,1-6H3. The predicted molar refractivity (Wildman–Crippen MR) is 88.3 cm³/mol. The largest absolute Gasteiger partial charge is 0.368 e. The zero-order valence-electron chi connectivity index (χ0n) is 14.0. The van der Waals surface area contributed by atoms with Crippen molar-refractivity contribution >= 4 is 5.69 Å². The third-order valence-electron chi connectivity index (χ3n) is 3.43. The molecule has 20 heavy (non-hydrogen) atoms. The fraction of sp³-hybridized carbons (Fsp3) is 0.706. The van der Waals surface area contributed by atoms with Crippen molar-refractivity contribution in [2.24, 2.45) is 5.92 Å². The first kappa shape index (κ1) is 17.0. The predicted octanol–water partition coefficient (Wildman–Crippen LogP) is 4.01. The Balaban J connectivity index is 2.77. The Labute approximate surface area is 124 Å². The van der Waals surface area contributed by atoms with Gasteiger partial charge in [-0.2, -0.15) is 0 Å². The monoisotopic (exact) mass is 277 g/mol. The molecule has 0 aliphatic carbocycles.